The molecule has 27 heavy (non-hydrogen) atoms. The van der Waals surface area contributed by atoms with Gasteiger partial charge in [0.05, 0.1) is 5.00 Å². The lowest BCUT2D eigenvalue weighted by Gasteiger charge is -2.37. The quantitative estimate of drug-likeness (QED) is 0.222. The minimum Gasteiger partial charge on any atom is -0.360 e. The van der Waals surface area contributed by atoms with Gasteiger partial charge >= 0.3 is 0 Å². The number of rotatable bonds is 3. The van der Waals surface area contributed by atoms with Gasteiger partial charge in [0.2, 0.25) is 0 Å². The average molecular weight is 514 g/mol. The van der Waals surface area contributed by atoms with Crippen molar-refractivity contribution in [2.45, 2.75) is 6.54 Å². The number of benzene rings is 1. The molecule has 1 aromatic carbocycles. The Bertz CT molecular complexity index is 766. The maximum absolute atomic E-state index is 13.8. The maximum atomic E-state index is 13.8. The van der Waals surface area contributed by atoms with Crippen LogP contribution in [-0.2, 0) is 6.54 Å². The third-order valence-electron chi connectivity index (χ3n) is 4.23. The molecule has 0 bridgehead atoms. The Morgan fingerprint density at radius 1 is 1.11 bits per heavy atom. The molecule has 0 atom stereocenters. The molecule has 1 aliphatic rings. The molecule has 10 heteroatoms. The van der Waals surface area contributed by atoms with E-state index in [0.29, 0.717) is 19.0 Å². The largest absolute Gasteiger partial charge is 0.360 e. The highest BCUT2D eigenvalue weighted by Crippen LogP contribution is 2.22. The molecule has 1 fully saturated rings. The van der Waals surface area contributed by atoms with Crippen LogP contribution in [0, 0.1) is 23.3 Å². The van der Waals surface area contributed by atoms with E-state index in [1.54, 1.807) is 18.4 Å². The lowest BCUT2D eigenvalue weighted by Crippen LogP contribution is -2.52. The van der Waals surface area contributed by atoms with Crippen molar-refractivity contribution < 1.29 is 17.6 Å². The topological polar surface area (TPSA) is 30.9 Å². The first-order valence-corrected chi connectivity index (χ1v) is 8.95. The van der Waals surface area contributed by atoms with Gasteiger partial charge in [-0.05, 0) is 17.5 Å². The van der Waals surface area contributed by atoms with E-state index < -0.39 is 35.4 Å². The molecule has 148 valence electrons. The Balaban J connectivity index is 0.00000261. The predicted octanol–water partition coefficient (Wildman–Crippen LogP) is 3.82. The van der Waals surface area contributed by atoms with Crippen molar-refractivity contribution in [3.05, 3.63) is 52.4 Å². The van der Waals surface area contributed by atoms with Gasteiger partial charge in [-0.3, -0.25) is 4.99 Å². The molecule has 1 aliphatic heterocycles. The number of halogens is 5. The summed E-state index contributed by atoms with van der Waals surface area (Å²) in [7, 11) is 1.55. The zero-order chi connectivity index (χ0) is 18.7. The second kappa shape index (κ2) is 9.58. The fourth-order valence-corrected chi connectivity index (χ4v) is 3.65. The van der Waals surface area contributed by atoms with Crippen LogP contribution in [0.1, 0.15) is 5.56 Å². The summed E-state index contributed by atoms with van der Waals surface area (Å²) in [5.74, 6) is -5.19. The van der Waals surface area contributed by atoms with Gasteiger partial charge in [0.25, 0.3) is 0 Å². The molecule has 0 unspecified atom stereocenters. The summed E-state index contributed by atoms with van der Waals surface area (Å²) in [6.45, 7) is 2.49. The second-order valence-corrected chi connectivity index (χ2v) is 6.70. The molecular formula is C17H19F4IN4S. The van der Waals surface area contributed by atoms with Gasteiger partial charge in [-0.2, -0.15) is 0 Å². The Morgan fingerprint density at radius 3 is 2.26 bits per heavy atom. The fraction of sp³-hybridized carbons (Fsp3) is 0.353. The van der Waals surface area contributed by atoms with Crippen molar-refractivity contribution in [2.75, 3.05) is 38.1 Å². The van der Waals surface area contributed by atoms with Crippen molar-refractivity contribution in [1.82, 2.24) is 10.2 Å². The molecule has 4 nitrogen and oxygen atoms in total. The molecular weight excluding hydrogens is 495 g/mol. The molecule has 0 saturated carbocycles. The van der Waals surface area contributed by atoms with Crippen molar-refractivity contribution in [2.24, 2.45) is 4.99 Å². The summed E-state index contributed by atoms with van der Waals surface area (Å²) < 4.78 is 54.1. The van der Waals surface area contributed by atoms with E-state index in [4.69, 9.17) is 0 Å². The third kappa shape index (κ3) is 4.84. The van der Waals surface area contributed by atoms with E-state index in [2.05, 4.69) is 21.3 Å². The molecule has 0 amide bonds. The van der Waals surface area contributed by atoms with Gasteiger partial charge in [-0.1, -0.05) is 0 Å². The van der Waals surface area contributed by atoms with Crippen LogP contribution in [0.3, 0.4) is 0 Å². The summed E-state index contributed by atoms with van der Waals surface area (Å²) >= 11 is 1.67. The lowest BCUT2D eigenvalue weighted by atomic mass is 10.2. The standard InChI is InChI=1S/C17H18F4N4S.HI/c1-22-17(23-10-11-15(20)12(18)9-13(19)16(11)21)25-6-4-24(5-7-25)14-3-2-8-26-14;/h2-3,8-9H,4-7,10H2,1H3,(H,22,23);1H. The lowest BCUT2D eigenvalue weighted by molar-refractivity contribution is 0.371. The van der Waals surface area contributed by atoms with Crippen LogP contribution in [0.4, 0.5) is 22.6 Å². The zero-order valence-electron chi connectivity index (χ0n) is 14.5. The zero-order valence-corrected chi connectivity index (χ0v) is 17.7. The second-order valence-electron chi connectivity index (χ2n) is 5.77. The molecule has 2 heterocycles. The summed E-state index contributed by atoms with van der Waals surface area (Å²) in [4.78, 5) is 8.29. The van der Waals surface area contributed by atoms with E-state index in [0.717, 1.165) is 13.1 Å². The number of guanidine groups is 1. The molecule has 0 aliphatic carbocycles. The minimum absolute atomic E-state index is 0. The summed E-state index contributed by atoms with van der Waals surface area (Å²) in [5, 5.41) is 5.99. The Kier molecular flexibility index (Phi) is 7.71. The summed E-state index contributed by atoms with van der Waals surface area (Å²) in [6, 6.07) is 4.25. The third-order valence-corrected chi connectivity index (χ3v) is 5.16. The van der Waals surface area contributed by atoms with Gasteiger partial charge < -0.3 is 15.1 Å². The molecule has 0 radical (unpaired) electrons. The van der Waals surface area contributed by atoms with E-state index in [9.17, 15) is 17.6 Å². The van der Waals surface area contributed by atoms with Crippen LogP contribution < -0.4 is 10.2 Å². The Morgan fingerprint density at radius 2 is 1.74 bits per heavy atom. The Labute approximate surface area is 175 Å². The van der Waals surface area contributed by atoms with Gasteiger partial charge in [0.15, 0.2) is 29.2 Å². The first-order valence-electron chi connectivity index (χ1n) is 8.07. The van der Waals surface area contributed by atoms with Crippen LogP contribution in [-0.4, -0.2) is 44.1 Å². The van der Waals surface area contributed by atoms with E-state index in [1.165, 1.54) is 5.00 Å². The van der Waals surface area contributed by atoms with Crippen molar-refractivity contribution >= 4 is 46.3 Å². The summed E-state index contributed by atoms with van der Waals surface area (Å²) in [6.07, 6.45) is 0. The number of piperazine rings is 1. The van der Waals surface area contributed by atoms with Crippen LogP contribution in [0.5, 0.6) is 0 Å². The van der Waals surface area contributed by atoms with Crippen molar-refractivity contribution in [3.8, 4) is 0 Å². The molecule has 1 aromatic heterocycles. The summed E-state index contributed by atoms with van der Waals surface area (Å²) in [5.41, 5.74) is -0.680. The van der Waals surface area contributed by atoms with Crippen LogP contribution >= 0.6 is 35.3 Å². The van der Waals surface area contributed by atoms with E-state index >= 15 is 0 Å². The molecule has 3 rings (SSSR count). The van der Waals surface area contributed by atoms with Crippen molar-refractivity contribution in [1.29, 1.82) is 0 Å². The number of hydrogen-bond donors (Lipinski definition) is 1. The van der Waals surface area contributed by atoms with Gasteiger partial charge in [0, 0.05) is 51.4 Å². The van der Waals surface area contributed by atoms with Crippen LogP contribution in [0.2, 0.25) is 0 Å². The number of hydrogen-bond acceptors (Lipinski definition) is 3. The van der Waals surface area contributed by atoms with E-state index in [-0.39, 0.29) is 30.0 Å². The number of aliphatic imine (C=N–C) groups is 1. The van der Waals surface area contributed by atoms with Crippen molar-refractivity contribution in [3.63, 3.8) is 0 Å². The highest BCUT2D eigenvalue weighted by Gasteiger charge is 2.22. The fourth-order valence-electron chi connectivity index (χ4n) is 2.87. The first-order chi connectivity index (χ1) is 12.5. The molecule has 2 aromatic rings. The van der Waals surface area contributed by atoms with E-state index in [1.807, 2.05) is 16.3 Å². The first kappa shape index (κ1) is 21.7. The number of thiophene rings is 1. The monoisotopic (exact) mass is 514 g/mol. The normalized spacial score (nSPS) is 14.9. The van der Waals surface area contributed by atoms with Crippen LogP contribution in [0.25, 0.3) is 0 Å². The van der Waals surface area contributed by atoms with Crippen LogP contribution in [0.15, 0.2) is 28.6 Å². The number of nitrogens with zero attached hydrogens (tertiary/aromatic N) is 3. The molecule has 0 spiro atoms. The highest BCUT2D eigenvalue weighted by atomic mass is 127. The SMILES string of the molecule is CN=C(NCc1c(F)c(F)cc(F)c1F)N1CCN(c2cccs2)CC1.I. The minimum atomic E-state index is -1.42. The number of anilines is 1. The predicted molar refractivity (Wildman–Crippen MR) is 110 cm³/mol. The highest BCUT2D eigenvalue weighted by molar-refractivity contribution is 14.0. The number of nitrogens with one attached hydrogen (secondary N) is 1. The molecule has 1 saturated heterocycles. The van der Waals surface area contributed by atoms with Gasteiger partial charge in [-0.25, -0.2) is 17.6 Å². The molecule has 1 N–H and O–H groups in total. The van der Waals surface area contributed by atoms with Gasteiger partial charge in [-0.15, -0.1) is 35.3 Å². The average Bonchev–Trinajstić information content (AvgIpc) is 3.18. The smallest absolute Gasteiger partial charge is 0.194 e. The maximum Gasteiger partial charge on any atom is 0.194 e. The Hall–Kier alpha value is -1.56. The van der Waals surface area contributed by atoms with Gasteiger partial charge in [0.1, 0.15) is 0 Å².